The maximum absolute atomic E-state index is 12.6. The number of nitrogens with zero attached hydrogens (tertiary/aromatic N) is 2. The fraction of sp³-hybridized carbons (Fsp3) is 0.385. The number of benzene rings is 2. The Morgan fingerprint density at radius 3 is 2.66 bits per heavy atom. The van der Waals surface area contributed by atoms with Gasteiger partial charge in [-0.05, 0) is 54.2 Å². The lowest BCUT2D eigenvalue weighted by atomic mass is 9.87. The summed E-state index contributed by atoms with van der Waals surface area (Å²) in [5.74, 6) is 1.46. The standard InChI is InChI=1S/C26H30N2O3S/c1-5-6-24-27-21(17-32-24)18-7-12-23-22(15-18)28(25(29)16-31-23)13-14-30-20-10-8-19(9-11-20)26(2,3)4/h7-12,15,17H,5-6,13-14,16H2,1-4H3. The van der Waals surface area contributed by atoms with Crippen LogP contribution >= 0.6 is 11.3 Å². The van der Waals surface area contributed by atoms with Crippen LogP contribution < -0.4 is 14.4 Å². The molecule has 1 aromatic heterocycles. The Bertz CT molecular complexity index is 1080. The number of amides is 1. The zero-order valence-electron chi connectivity index (χ0n) is 19.2. The highest BCUT2D eigenvalue weighted by molar-refractivity contribution is 7.09. The van der Waals surface area contributed by atoms with Crippen molar-refractivity contribution < 1.29 is 14.3 Å². The summed E-state index contributed by atoms with van der Waals surface area (Å²) in [6.45, 7) is 9.63. The van der Waals surface area contributed by atoms with Gasteiger partial charge in [0.1, 0.15) is 18.1 Å². The topological polar surface area (TPSA) is 51.7 Å². The predicted octanol–water partition coefficient (Wildman–Crippen LogP) is 5.86. The molecule has 0 radical (unpaired) electrons. The summed E-state index contributed by atoms with van der Waals surface area (Å²) in [6, 6.07) is 14.1. The Morgan fingerprint density at radius 1 is 1.16 bits per heavy atom. The first-order valence-electron chi connectivity index (χ1n) is 11.1. The molecule has 0 fully saturated rings. The van der Waals surface area contributed by atoms with Gasteiger partial charge in [0, 0.05) is 10.9 Å². The number of fused-ring (bicyclic) bond motifs is 1. The molecule has 0 bridgehead atoms. The first kappa shape index (κ1) is 22.3. The third-order valence-electron chi connectivity index (χ3n) is 5.52. The number of rotatable bonds is 7. The lowest BCUT2D eigenvalue weighted by Gasteiger charge is -2.29. The van der Waals surface area contributed by atoms with Crippen molar-refractivity contribution in [3.63, 3.8) is 0 Å². The number of carbonyl (C=O) groups is 1. The third-order valence-corrected chi connectivity index (χ3v) is 6.43. The van der Waals surface area contributed by atoms with E-state index in [0.717, 1.165) is 40.5 Å². The minimum absolute atomic E-state index is 0.0456. The second-order valence-corrected chi connectivity index (χ2v) is 9.96. The summed E-state index contributed by atoms with van der Waals surface area (Å²) >= 11 is 1.68. The average molecular weight is 451 g/mol. The second kappa shape index (κ2) is 9.33. The van der Waals surface area contributed by atoms with Gasteiger partial charge in [0.2, 0.25) is 0 Å². The van der Waals surface area contributed by atoms with Crippen molar-refractivity contribution in [3.8, 4) is 22.8 Å². The van der Waals surface area contributed by atoms with E-state index in [2.05, 4.69) is 45.2 Å². The molecule has 2 aromatic carbocycles. The van der Waals surface area contributed by atoms with Crippen molar-refractivity contribution in [1.82, 2.24) is 4.98 Å². The number of carbonyl (C=O) groups excluding carboxylic acids is 1. The van der Waals surface area contributed by atoms with E-state index in [0.29, 0.717) is 18.9 Å². The van der Waals surface area contributed by atoms with Crippen LogP contribution in [0.3, 0.4) is 0 Å². The zero-order valence-corrected chi connectivity index (χ0v) is 20.0. The first-order chi connectivity index (χ1) is 15.3. The number of aryl methyl sites for hydroxylation is 1. The summed E-state index contributed by atoms with van der Waals surface area (Å²) in [6.07, 6.45) is 2.06. The molecule has 0 saturated carbocycles. The van der Waals surface area contributed by atoms with Gasteiger partial charge in [-0.25, -0.2) is 4.98 Å². The highest BCUT2D eigenvalue weighted by Crippen LogP contribution is 2.36. The van der Waals surface area contributed by atoms with Crippen LogP contribution in [0.15, 0.2) is 47.8 Å². The van der Waals surface area contributed by atoms with Gasteiger partial charge in [0.15, 0.2) is 6.61 Å². The molecule has 1 aliphatic rings. The number of ether oxygens (including phenoxy) is 2. The van der Waals surface area contributed by atoms with E-state index in [1.165, 1.54) is 5.56 Å². The monoisotopic (exact) mass is 450 g/mol. The zero-order chi connectivity index (χ0) is 22.7. The van der Waals surface area contributed by atoms with Crippen molar-refractivity contribution in [2.75, 3.05) is 24.7 Å². The third kappa shape index (κ3) is 4.96. The fourth-order valence-electron chi connectivity index (χ4n) is 3.68. The van der Waals surface area contributed by atoms with Crippen LogP contribution in [0.1, 0.15) is 44.7 Å². The van der Waals surface area contributed by atoms with E-state index >= 15 is 0 Å². The predicted molar refractivity (Wildman–Crippen MR) is 130 cm³/mol. The Hall–Kier alpha value is -2.86. The normalized spacial score (nSPS) is 13.6. The van der Waals surface area contributed by atoms with E-state index < -0.39 is 0 Å². The quantitative estimate of drug-likeness (QED) is 0.452. The molecule has 32 heavy (non-hydrogen) atoms. The lowest BCUT2D eigenvalue weighted by Crippen LogP contribution is -2.41. The smallest absolute Gasteiger partial charge is 0.265 e. The Labute approximate surface area is 194 Å². The van der Waals surface area contributed by atoms with Crippen LogP contribution in [0.25, 0.3) is 11.3 Å². The molecular weight excluding hydrogens is 420 g/mol. The van der Waals surface area contributed by atoms with Crippen LogP contribution in [-0.4, -0.2) is 30.6 Å². The van der Waals surface area contributed by atoms with Gasteiger partial charge < -0.3 is 14.4 Å². The summed E-state index contributed by atoms with van der Waals surface area (Å²) in [7, 11) is 0. The van der Waals surface area contributed by atoms with Gasteiger partial charge in [0.25, 0.3) is 5.91 Å². The molecule has 0 atom stereocenters. The molecule has 0 saturated heterocycles. The maximum atomic E-state index is 12.6. The summed E-state index contributed by atoms with van der Waals surface area (Å²) in [5.41, 5.74) is 4.07. The van der Waals surface area contributed by atoms with Crippen LogP contribution in [0.2, 0.25) is 0 Å². The van der Waals surface area contributed by atoms with E-state index in [1.807, 2.05) is 30.3 Å². The highest BCUT2D eigenvalue weighted by Gasteiger charge is 2.26. The summed E-state index contributed by atoms with van der Waals surface area (Å²) in [5, 5.41) is 3.21. The molecule has 0 N–H and O–H groups in total. The average Bonchev–Trinajstić information content (AvgIpc) is 3.23. The van der Waals surface area contributed by atoms with Crippen molar-refractivity contribution >= 4 is 22.9 Å². The van der Waals surface area contributed by atoms with Gasteiger partial charge in [-0.15, -0.1) is 11.3 Å². The van der Waals surface area contributed by atoms with E-state index in [4.69, 9.17) is 14.5 Å². The number of thiazole rings is 1. The molecule has 0 unspecified atom stereocenters. The van der Waals surface area contributed by atoms with Crippen molar-refractivity contribution in [1.29, 1.82) is 0 Å². The molecule has 0 aliphatic carbocycles. The summed E-state index contributed by atoms with van der Waals surface area (Å²) < 4.78 is 11.6. The van der Waals surface area contributed by atoms with Crippen LogP contribution in [0, 0.1) is 0 Å². The molecule has 1 amide bonds. The van der Waals surface area contributed by atoms with Crippen molar-refractivity contribution in [3.05, 3.63) is 58.4 Å². The van der Waals surface area contributed by atoms with Gasteiger partial charge in [-0.3, -0.25) is 4.79 Å². The Kier molecular flexibility index (Phi) is 6.51. The molecular formula is C26H30N2O3S. The molecule has 1 aliphatic heterocycles. The van der Waals surface area contributed by atoms with Gasteiger partial charge in [-0.2, -0.15) is 0 Å². The van der Waals surface area contributed by atoms with Crippen LogP contribution in [0.4, 0.5) is 5.69 Å². The van der Waals surface area contributed by atoms with Gasteiger partial charge in [0.05, 0.1) is 22.9 Å². The van der Waals surface area contributed by atoms with Gasteiger partial charge >= 0.3 is 0 Å². The number of hydrogen-bond acceptors (Lipinski definition) is 5. The Balaban J connectivity index is 1.47. The molecule has 4 rings (SSSR count). The van der Waals surface area contributed by atoms with Crippen molar-refractivity contribution in [2.24, 2.45) is 0 Å². The highest BCUT2D eigenvalue weighted by atomic mass is 32.1. The van der Waals surface area contributed by atoms with Gasteiger partial charge in [-0.1, -0.05) is 39.8 Å². The lowest BCUT2D eigenvalue weighted by molar-refractivity contribution is -0.121. The molecule has 168 valence electrons. The minimum Gasteiger partial charge on any atom is -0.492 e. The van der Waals surface area contributed by atoms with E-state index in [-0.39, 0.29) is 17.9 Å². The summed E-state index contributed by atoms with van der Waals surface area (Å²) in [4.78, 5) is 19.1. The van der Waals surface area contributed by atoms with Crippen LogP contribution in [-0.2, 0) is 16.6 Å². The fourth-order valence-corrected chi connectivity index (χ4v) is 4.59. The van der Waals surface area contributed by atoms with E-state index in [1.54, 1.807) is 16.2 Å². The molecule has 3 aromatic rings. The van der Waals surface area contributed by atoms with Crippen molar-refractivity contribution in [2.45, 2.75) is 46.0 Å². The SMILES string of the molecule is CCCc1nc(-c2ccc3c(c2)N(CCOc2ccc(C(C)(C)C)cc2)C(=O)CO3)cs1. The maximum Gasteiger partial charge on any atom is 0.265 e. The molecule has 0 spiro atoms. The van der Waals surface area contributed by atoms with Crippen LogP contribution in [0.5, 0.6) is 11.5 Å². The Morgan fingerprint density at radius 2 is 1.94 bits per heavy atom. The van der Waals surface area contributed by atoms with E-state index in [9.17, 15) is 4.79 Å². The minimum atomic E-state index is -0.0636. The molecule has 5 nitrogen and oxygen atoms in total. The molecule has 2 heterocycles. The number of hydrogen-bond donors (Lipinski definition) is 0. The number of aromatic nitrogens is 1. The number of anilines is 1. The second-order valence-electron chi connectivity index (χ2n) is 9.02. The molecule has 6 heteroatoms. The first-order valence-corrected chi connectivity index (χ1v) is 12.0. The largest absolute Gasteiger partial charge is 0.492 e.